The lowest BCUT2D eigenvalue weighted by molar-refractivity contribution is -0.132. The van der Waals surface area contributed by atoms with E-state index >= 15 is 0 Å². The van der Waals surface area contributed by atoms with E-state index in [2.05, 4.69) is 10.2 Å². The van der Waals surface area contributed by atoms with Gasteiger partial charge in [-0.3, -0.25) is 4.79 Å². The van der Waals surface area contributed by atoms with Crippen molar-refractivity contribution in [2.45, 2.75) is 69.9 Å². The van der Waals surface area contributed by atoms with Crippen molar-refractivity contribution in [2.75, 3.05) is 13.1 Å². The van der Waals surface area contributed by atoms with Gasteiger partial charge in [0.15, 0.2) is 0 Å². The minimum absolute atomic E-state index is 0.412. The molecule has 0 aromatic rings. The predicted octanol–water partition coefficient (Wildman–Crippen LogP) is 2.31. The molecule has 3 fully saturated rings. The molecule has 3 nitrogen and oxygen atoms in total. The molecular weight excluding hydrogens is 224 g/mol. The number of hydrogen-bond donors (Lipinski definition) is 1. The quantitative estimate of drug-likeness (QED) is 0.833. The highest BCUT2D eigenvalue weighted by molar-refractivity contribution is 5.76. The van der Waals surface area contributed by atoms with Crippen molar-refractivity contribution in [3.05, 3.63) is 0 Å². The van der Waals surface area contributed by atoms with E-state index in [1.807, 2.05) is 0 Å². The van der Waals surface area contributed by atoms with Crippen molar-refractivity contribution in [1.82, 2.24) is 10.2 Å². The molecule has 18 heavy (non-hydrogen) atoms. The van der Waals surface area contributed by atoms with Crippen molar-refractivity contribution in [3.63, 3.8) is 0 Å². The number of amides is 1. The third kappa shape index (κ3) is 2.71. The Morgan fingerprint density at radius 1 is 1.11 bits per heavy atom. The highest BCUT2D eigenvalue weighted by atomic mass is 16.2. The molecule has 1 aliphatic carbocycles. The highest BCUT2D eigenvalue weighted by Gasteiger charge is 2.32. The van der Waals surface area contributed by atoms with Crippen molar-refractivity contribution in [1.29, 1.82) is 0 Å². The Labute approximate surface area is 110 Å². The fourth-order valence-electron chi connectivity index (χ4n) is 3.71. The van der Waals surface area contributed by atoms with Crippen LogP contribution in [-0.4, -0.2) is 36.0 Å². The van der Waals surface area contributed by atoms with E-state index in [9.17, 15) is 4.79 Å². The van der Waals surface area contributed by atoms with E-state index in [0.717, 1.165) is 25.3 Å². The Balaban J connectivity index is 1.53. The smallest absolute Gasteiger partial charge is 0.222 e. The maximum absolute atomic E-state index is 12.0. The largest absolute Gasteiger partial charge is 0.340 e. The minimum atomic E-state index is 0.412. The molecule has 3 rings (SSSR count). The van der Waals surface area contributed by atoms with Crippen LogP contribution in [0.1, 0.15) is 57.8 Å². The van der Waals surface area contributed by atoms with Gasteiger partial charge in [-0.1, -0.05) is 6.42 Å². The number of carbonyl (C=O) groups excluding carboxylic acids is 1. The van der Waals surface area contributed by atoms with Crippen molar-refractivity contribution >= 4 is 5.91 Å². The molecule has 0 spiro atoms. The lowest BCUT2D eigenvalue weighted by Crippen LogP contribution is -2.44. The third-order valence-corrected chi connectivity index (χ3v) is 5.12. The van der Waals surface area contributed by atoms with Gasteiger partial charge in [-0.2, -0.15) is 0 Å². The summed E-state index contributed by atoms with van der Waals surface area (Å²) < 4.78 is 0. The van der Waals surface area contributed by atoms with E-state index in [-0.39, 0.29) is 0 Å². The monoisotopic (exact) mass is 250 g/mol. The lowest BCUT2D eigenvalue weighted by atomic mass is 9.85. The van der Waals surface area contributed by atoms with E-state index < -0.39 is 0 Å². The second-order valence-electron chi connectivity index (χ2n) is 6.41. The Bertz CT molecular complexity index is 301. The van der Waals surface area contributed by atoms with Gasteiger partial charge < -0.3 is 10.2 Å². The van der Waals surface area contributed by atoms with Crippen LogP contribution < -0.4 is 5.32 Å². The van der Waals surface area contributed by atoms with Crippen LogP contribution in [0, 0.1) is 5.92 Å². The molecule has 1 amide bonds. The molecule has 1 saturated carbocycles. The van der Waals surface area contributed by atoms with Gasteiger partial charge in [0.1, 0.15) is 0 Å². The molecule has 0 radical (unpaired) electrons. The van der Waals surface area contributed by atoms with Gasteiger partial charge in [0.25, 0.3) is 0 Å². The maximum Gasteiger partial charge on any atom is 0.222 e. The molecule has 3 heteroatoms. The molecule has 1 unspecified atom stereocenters. The Morgan fingerprint density at radius 3 is 2.78 bits per heavy atom. The number of rotatable bonds is 3. The second-order valence-corrected chi connectivity index (χ2v) is 6.41. The fraction of sp³-hybridized carbons (Fsp3) is 0.933. The predicted molar refractivity (Wildman–Crippen MR) is 72.3 cm³/mol. The summed E-state index contributed by atoms with van der Waals surface area (Å²) in [5.74, 6) is 1.35. The van der Waals surface area contributed by atoms with Gasteiger partial charge in [-0.25, -0.2) is 0 Å². The Kier molecular flexibility index (Phi) is 3.88. The standard InChI is InChI=1S/C15H26N2O/c18-15-8-2-6-13(16-11-12-4-1-5-12)10-14-7-3-9-17(14)15/h12-14,16H,1-11H2/t13?,14-/m1/s1. The normalized spacial score (nSPS) is 33.8. The number of carbonyl (C=O) groups is 1. The van der Waals surface area contributed by atoms with Gasteiger partial charge in [-0.15, -0.1) is 0 Å². The molecule has 2 saturated heterocycles. The number of fused-ring (bicyclic) bond motifs is 1. The first-order chi connectivity index (χ1) is 8.83. The highest BCUT2D eigenvalue weighted by Crippen LogP contribution is 2.28. The molecule has 3 aliphatic rings. The summed E-state index contributed by atoms with van der Waals surface area (Å²) in [5.41, 5.74) is 0. The summed E-state index contributed by atoms with van der Waals surface area (Å²) in [7, 11) is 0. The minimum Gasteiger partial charge on any atom is -0.340 e. The van der Waals surface area contributed by atoms with Gasteiger partial charge in [0.2, 0.25) is 5.91 Å². The summed E-state index contributed by atoms with van der Waals surface area (Å²) in [6.07, 6.45) is 11.0. The van der Waals surface area contributed by atoms with E-state index in [1.54, 1.807) is 0 Å². The summed E-state index contributed by atoms with van der Waals surface area (Å²) in [6.45, 7) is 2.23. The first-order valence-corrected chi connectivity index (χ1v) is 7.86. The SMILES string of the molecule is O=C1CCCC(NCC2CCC2)C[C@H]2CCCN12. The summed E-state index contributed by atoms with van der Waals surface area (Å²) >= 11 is 0. The Morgan fingerprint density at radius 2 is 2.00 bits per heavy atom. The van der Waals surface area contributed by atoms with Crippen LogP contribution in [0.25, 0.3) is 0 Å². The molecule has 2 aliphatic heterocycles. The van der Waals surface area contributed by atoms with Crippen LogP contribution in [0.15, 0.2) is 0 Å². The molecule has 2 heterocycles. The summed E-state index contributed by atoms with van der Waals surface area (Å²) in [6, 6.07) is 1.20. The Hall–Kier alpha value is -0.570. The van der Waals surface area contributed by atoms with Crippen LogP contribution in [0.4, 0.5) is 0 Å². The van der Waals surface area contributed by atoms with Gasteiger partial charge in [0, 0.05) is 25.0 Å². The van der Waals surface area contributed by atoms with Crippen LogP contribution >= 0.6 is 0 Å². The van der Waals surface area contributed by atoms with Gasteiger partial charge in [0.05, 0.1) is 0 Å². The zero-order valence-corrected chi connectivity index (χ0v) is 11.4. The van der Waals surface area contributed by atoms with E-state index in [4.69, 9.17) is 0 Å². The molecule has 2 atom stereocenters. The van der Waals surface area contributed by atoms with Crippen molar-refractivity contribution < 1.29 is 4.79 Å². The van der Waals surface area contributed by atoms with Crippen LogP contribution in [-0.2, 0) is 4.79 Å². The van der Waals surface area contributed by atoms with Crippen molar-refractivity contribution in [2.24, 2.45) is 5.92 Å². The number of nitrogens with one attached hydrogen (secondary N) is 1. The average molecular weight is 250 g/mol. The molecule has 0 aromatic carbocycles. The first-order valence-electron chi connectivity index (χ1n) is 7.86. The maximum atomic E-state index is 12.0. The van der Waals surface area contributed by atoms with Crippen molar-refractivity contribution in [3.8, 4) is 0 Å². The topological polar surface area (TPSA) is 32.3 Å². The second kappa shape index (κ2) is 5.60. The molecule has 102 valence electrons. The molecular formula is C15H26N2O. The number of nitrogens with zero attached hydrogens (tertiary/aromatic N) is 1. The van der Waals surface area contributed by atoms with Gasteiger partial charge in [-0.05, 0) is 57.4 Å². The molecule has 0 aromatic heterocycles. The fourth-order valence-corrected chi connectivity index (χ4v) is 3.71. The first kappa shape index (κ1) is 12.5. The summed E-state index contributed by atoms with van der Waals surface area (Å²) in [4.78, 5) is 14.1. The zero-order valence-electron chi connectivity index (χ0n) is 11.4. The van der Waals surface area contributed by atoms with Gasteiger partial charge >= 0.3 is 0 Å². The van der Waals surface area contributed by atoms with E-state index in [1.165, 1.54) is 51.5 Å². The van der Waals surface area contributed by atoms with E-state index in [0.29, 0.717) is 18.0 Å². The summed E-state index contributed by atoms with van der Waals surface area (Å²) in [5, 5.41) is 3.78. The number of hydrogen-bond acceptors (Lipinski definition) is 2. The van der Waals surface area contributed by atoms with Crippen LogP contribution in [0.5, 0.6) is 0 Å². The molecule has 0 bridgehead atoms. The lowest BCUT2D eigenvalue weighted by Gasteiger charge is -2.33. The average Bonchev–Trinajstić information content (AvgIpc) is 2.72. The van der Waals surface area contributed by atoms with Crippen LogP contribution in [0.2, 0.25) is 0 Å². The molecule has 1 N–H and O–H groups in total. The van der Waals surface area contributed by atoms with Crippen LogP contribution in [0.3, 0.4) is 0 Å². The third-order valence-electron chi connectivity index (χ3n) is 5.12. The zero-order chi connectivity index (χ0) is 12.4.